The molecular weight excluding hydrogens is 294 g/mol. The Hall–Kier alpha value is -2.69. The zero-order valence-electron chi connectivity index (χ0n) is 12.9. The fourth-order valence-electron chi connectivity index (χ4n) is 3.01. The van der Waals surface area contributed by atoms with Gasteiger partial charge in [0.15, 0.2) is 0 Å². The lowest BCUT2D eigenvalue weighted by atomic mass is 9.88. The Kier molecular flexibility index (Phi) is 4.10. The van der Waals surface area contributed by atoms with E-state index in [1.165, 1.54) is 41.8 Å². The zero-order chi connectivity index (χ0) is 16.4. The van der Waals surface area contributed by atoms with E-state index in [4.69, 9.17) is 4.74 Å². The number of nitro benzene ring substituents is 1. The van der Waals surface area contributed by atoms with Gasteiger partial charge in [-0.15, -0.1) is 0 Å². The Bertz CT molecular complexity index is 783. The van der Waals surface area contributed by atoms with Gasteiger partial charge in [-0.05, 0) is 61.4 Å². The summed E-state index contributed by atoms with van der Waals surface area (Å²) in [7, 11) is 0. The Morgan fingerprint density at radius 3 is 2.74 bits per heavy atom. The van der Waals surface area contributed by atoms with Gasteiger partial charge in [0.05, 0.1) is 10.5 Å². The molecule has 0 aromatic heterocycles. The number of carbonyl (C=O) groups is 1. The van der Waals surface area contributed by atoms with Crippen LogP contribution in [0.2, 0.25) is 0 Å². The number of nitrogens with zero attached hydrogens (tertiary/aromatic N) is 1. The van der Waals surface area contributed by atoms with E-state index in [0.29, 0.717) is 5.75 Å². The minimum Gasteiger partial charge on any atom is -0.423 e. The molecule has 0 atom stereocenters. The number of carbonyl (C=O) groups excluding carboxylic acids is 1. The van der Waals surface area contributed by atoms with Crippen LogP contribution in [0.15, 0.2) is 36.4 Å². The van der Waals surface area contributed by atoms with Crippen LogP contribution in [0.5, 0.6) is 5.75 Å². The second-order valence-electron chi connectivity index (χ2n) is 5.73. The van der Waals surface area contributed by atoms with Crippen LogP contribution in [0.1, 0.15) is 39.9 Å². The third-order valence-corrected chi connectivity index (χ3v) is 4.26. The number of rotatable bonds is 3. The highest BCUT2D eigenvalue weighted by Crippen LogP contribution is 2.31. The summed E-state index contributed by atoms with van der Waals surface area (Å²) in [5.74, 6) is -0.0466. The number of hydrogen-bond donors (Lipinski definition) is 0. The first-order valence-electron chi connectivity index (χ1n) is 7.64. The van der Waals surface area contributed by atoms with E-state index in [1.54, 1.807) is 0 Å². The molecule has 0 aliphatic heterocycles. The highest BCUT2D eigenvalue weighted by atomic mass is 16.6. The number of nitro groups is 1. The second kappa shape index (κ2) is 6.20. The van der Waals surface area contributed by atoms with E-state index in [9.17, 15) is 14.9 Å². The molecule has 5 nitrogen and oxygen atoms in total. The summed E-state index contributed by atoms with van der Waals surface area (Å²) in [5.41, 5.74) is 3.63. The van der Waals surface area contributed by atoms with Crippen LogP contribution in [0.4, 0.5) is 5.69 Å². The number of esters is 1. The summed E-state index contributed by atoms with van der Waals surface area (Å²) >= 11 is 0. The highest BCUT2D eigenvalue weighted by Gasteiger charge is 2.18. The summed E-state index contributed by atoms with van der Waals surface area (Å²) in [6.45, 7) is 1.96. The average Bonchev–Trinajstić information content (AvgIpc) is 2.57. The molecule has 0 radical (unpaired) electrons. The summed E-state index contributed by atoms with van der Waals surface area (Å²) < 4.78 is 5.47. The van der Waals surface area contributed by atoms with E-state index in [-0.39, 0.29) is 11.3 Å². The largest absolute Gasteiger partial charge is 0.423 e. The molecule has 0 bridgehead atoms. The van der Waals surface area contributed by atoms with Crippen LogP contribution in [-0.4, -0.2) is 10.9 Å². The van der Waals surface area contributed by atoms with Gasteiger partial charge in [0.2, 0.25) is 0 Å². The van der Waals surface area contributed by atoms with Crippen molar-refractivity contribution >= 4 is 11.7 Å². The molecule has 0 saturated carbocycles. The number of hydrogen-bond acceptors (Lipinski definition) is 4. The number of fused-ring (bicyclic) bond motifs is 1. The van der Waals surface area contributed by atoms with E-state index < -0.39 is 10.9 Å². The third-order valence-electron chi connectivity index (χ3n) is 4.26. The van der Waals surface area contributed by atoms with Crippen molar-refractivity contribution in [3.63, 3.8) is 0 Å². The van der Waals surface area contributed by atoms with Gasteiger partial charge in [-0.25, -0.2) is 4.79 Å². The maximum Gasteiger partial charge on any atom is 0.343 e. The molecule has 0 fully saturated rings. The Morgan fingerprint density at radius 2 is 1.96 bits per heavy atom. The SMILES string of the molecule is Cc1c(OC(=O)c2cccc([N+](=O)[O-])c2)ccc2c1CCCC2. The van der Waals surface area contributed by atoms with Crippen LogP contribution in [0, 0.1) is 17.0 Å². The van der Waals surface area contributed by atoms with E-state index in [1.807, 2.05) is 19.1 Å². The monoisotopic (exact) mass is 311 g/mol. The van der Waals surface area contributed by atoms with Gasteiger partial charge >= 0.3 is 5.97 Å². The first kappa shape index (κ1) is 15.2. The normalized spacial score (nSPS) is 13.3. The molecule has 0 N–H and O–H groups in total. The highest BCUT2D eigenvalue weighted by molar-refractivity contribution is 5.91. The van der Waals surface area contributed by atoms with Crippen LogP contribution >= 0.6 is 0 Å². The minimum atomic E-state index is -0.576. The molecular formula is C18H17NO4. The van der Waals surface area contributed by atoms with Crippen LogP contribution in [0.3, 0.4) is 0 Å². The van der Waals surface area contributed by atoms with Crippen molar-refractivity contribution in [2.24, 2.45) is 0 Å². The molecule has 118 valence electrons. The van der Waals surface area contributed by atoms with E-state index >= 15 is 0 Å². The first-order valence-corrected chi connectivity index (χ1v) is 7.64. The number of benzene rings is 2. The van der Waals surface area contributed by atoms with Gasteiger partial charge in [0.1, 0.15) is 5.75 Å². The van der Waals surface area contributed by atoms with Crippen molar-refractivity contribution < 1.29 is 14.5 Å². The predicted molar refractivity (Wildman–Crippen MR) is 85.9 cm³/mol. The fraction of sp³-hybridized carbons (Fsp3) is 0.278. The molecule has 2 aromatic rings. The molecule has 1 aliphatic carbocycles. The Balaban J connectivity index is 1.86. The number of aryl methyl sites for hydroxylation is 1. The van der Waals surface area contributed by atoms with Crippen molar-refractivity contribution in [2.75, 3.05) is 0 Å². The average molecular weight is 311 g/mol. The fourth-order valence-corrected chi connectivity index (χ4v) is 3.01. The molecule has 2 aromatic carbocycles. The molecule has 0 amide bonds. The van der Waals surface area contributed by atoms with E-state index in [2.05, 4.69) is 0 Å². The van der Waals surface area contributed by atoms with Gasteiger partial charge in [0.25, 0.3) is 5.69 Å². The minimum absolute atomic E-state index is 0.124. The molecule has 0 heterocycles. The quantitative estimate of drug-likeness (QED) is 0.372. The lowest BCUT2D eigenvalue weighted by molar-refractivity contribution is -0.384. The van der Waals surface area contributed by atoms with Crippen molar-refractivity contribution in [1.29, 1.82) is 0 Å². The molecule has 23 heavy (non-hydrogen) atoms. The van der Waals surface area contributed by atoms with Crippen LogP contribution < -0.4 is 4.74 Å². The molecule has 0 saturated heterocycles. The Labute approximate surface area is 134 Å². The summed E-state index contributed by atoms with van der Waals surface area (Å²) in [6, 6.07) is 9.40. The maximum atomic E-state index is 12.3. The summed E-state index contributed by atoms with van der Waals surface area (Å²) in [5, 5.41) is 10.8. The first-order chi connectivity index (χ1) is 11.1. The number of non-ortho nitro benzene ring substituents is 1. The van der Waals surface area contributed by atoms with Gasteiger partial charge < -0.3 is 4.74 Å². The van der Waals surface area contributed by atoms with Crippen molar-refractivity contribution in [3.05, 3.63) is 68.8 Å². The number of ether oxygens (including phenoxy) is 1. The topological polar surface area (TPSA) is 69.4 Å². The third kappa shape index (κ3) is 3.08. The van der Waals surface area contributed by atoms with Gasteiger partial charge in [-0.3, -0.25) is 10.1 Å². The van der Waals surface area contributed by atoms with Gasteiger partial charge in [-0.2, -0.15) is 0 Å². The van der Waals surface area contributed by atoms with Gasteiger partial charge in [0, 0.05) is 12.1 Å². The van der Waals surface area contributed by atoms with Gasteiger partial charge in [-0.1, -0.05) is 12.1 Å². The molecule has 5 heteroatoms. The molecule has 0 unspecified atom stereocenters. The lowest BCUT2D eigenvalue weighted by Crippen LogP contribution is -2.12. The molecule has 0 spiro atoms. The van der Waals surface area contributed by atoms with E-state index in [0.717, 1.165) is 24.8 Å². The summed E-state index contributed by atoms with van der Waals surface area (Å²) in [4.78, 5) is 22.5. The molecule has 1 aliphatic rings. The lowest BCUT2D eigenvalue weighted by Gasteiger charge is -2.20. The predicted octanol–water partition coefficient (Wildman–Crippen LogP) is 4.00. The molecule has 3 rings (SSSR count). The zero-order valence-corrected chi connectivity index (χ0v) is 12.9. The van der Waals surface area contributed by atoms with Crippen molar-refractivity contribution in [1.82, 2.24) is 0 Å². The Morgan fingerprint density at radius 1 is 1.17 bits per heavy atom. The van der Waals surface area contributed by atoms with Crippen molar-refractivity contribution in [3.8, 4) is 5.75 Å². The van der Waals surface area contributed by atoms with Crippen LogP contribution in [-0.2, 0) is 12.8 Å². The smallest absolute Gasteiger partial charge is 0.343 e. The standard InChI is InChI=1S/C18H17NO4/c1-12-16-8-3-2-5-13(16)9-10-17(12)23-18(20)14-6-4-7-15(11-14)19(21)22/h4,6-7,9-11H,2-3,5,8H2,1H3. The maximum absolute atomic E-state index is 12.3. The van der Waals surface area contributed by atoms with Crippen molar-refractivity contribution in [2.45, 2.75) is 32.6 Å². The van der Waals surface area contributed by atoms with Crippen LogP contribution in [0.25, 0.3) is 0 Å². The summed E-state index contributed by atoms with van der Waals surface area (Å²) in [6.07, 6.45) is 4.41. The second-order valence-corrected chi connectivity index (χ2v) is 5.73.